The Labute approximate surface area is 122 Å². The highest BCUT2D eigenvalue weighted by Crippen LogP contribution is 2.29. The van der Waals surface area contributed by atoms with E-state index in [2.05, 4.69) is 41.7 Å². The van der Waals surface area contributed by atoms with Crippen LogP contribution in [0.25, 0.3) is 0 Å². The summed E-state index contributed by atoms with van der Waals surface area (Å²) in [5, 5.41) is 5.61. The average molecular weight is 291 g/mol. The van der Waals surface area contributed by atoms with Crippen molar-refractivity contribution in [2.75, 3.05) is 5.32 Å². The second kappa shape index (κ2) is 6.12. The Morgan fingerprint density at radius 2 is 2.16 bits per heavy atom. The first-order chi connectivity index (χ1) is 9.08. The molecule has 0 aliphatic heterocycles. The highest BCUT2D eigenvalue weighted by molar-refractivity contribution is 7.80. The van der Waals surface area contributed by atoms with E-state index >= 15 is 0 Å². The van der Waals surface area contributed by atoms with Gasteiger partial charge in [0.05, 0.1) is 23.6 Å². The molecule has 1 atom stereocenters. The van der Waals surface area contributed by atoms with E-state index in [9.17, 15) is 0 Å². The fraction of sp³-hybridized carbons (Fsp3) is 0.286. The smallest absolute Gasteiger partial charge is 0.122 e. The minimum atomic E-state index is 0.289. The summed E-state index contributed by atoms with van der Waals surface area (Å²) in [6.07, 6.45) is 1.78. The lowest BCUT2D eigenvalue weighted by Gasteiger charge is -2.22. The number of thiophene rings is 1. The van der Waals surface area contributed by atoms with Gasteiger partial charge in [-0.25, -0.2) is 0 Å². The van der Waals surface area contributed by atoms with Crippen molar-refractivity contribution < 1.29 is 0 Å². The molecule has 0 bridgehead atoms. The molecule has 1 unspecified atom stereocenters. The summed E-state index contributed by atoms with van der Waals surface area (Å²) in [7, 11) is 0. The molecule has 5 heteroatoms. The van der Waals surface area contributed by atoms with Crippen molar-refractivity contribution in [2.24, 2.45) is 11.7 Å². The third-order valence-corrected chi connectivity index (χ3v) is 4.02. The van der Waals surface area contributed by atoms with Gasteiger partial charge >= 0.3 is 0 Å². The topological polar surface area (TPSA) is 50.9 Å². The molecule has 2 aromatic heterocycles. The molecule has 2 rings (SSSR count). The van der Waals surface area contributed by atoms with E-state index in [0.29, 0.717) is 16.6 Å². The maximum atomic E-state index is 5.54. The number of thiocarbonyl (C=S) groups is 1. The molecule has 2 aromatic rings. The van der Waals surface area contributed by atoms with Gasteiger partial charge in [-0.3, -0.25) is 4.98 Å². The molecule has 0 fully saturated rings. The van der Waals surface area contributed by atoms with Crippen molar-refractivity contribution in [3.05, 3.63) is 46.4 Å². The normalized spacial score (nSPS) is 12.4. The van der Waals surface area contributed by atoms with Crippen LogP contribution in [0.2, 0.25) is 0 Å². The summed E-state index contributed by atoms with van der Waals surface area (Å²) in [5.41, 5.74) is 7.17. The summed E-state index contributed by atoms with van der Waals surface area (Å²) >= 11 is 6.66. The van der Waals surface area contributed by atoms with Gasteiger partial charge in [-0.15, -0.1) is 11.3 Å². The Hall–Kier alpha value is -1.46. The van der Waals surface area contributed by atoms with Crippen LogP contribution in [0.3, 0.4) is 0 Å². The molecular weight excluding hydrogens is 274 g/mol. The largest absolute Gasteiger partial charge is 0.388 e. The lowest BCUT2D eigenvalue weighted by molar-refractivity contribution is 0.553. The van der Waals surface area contributed by atoms with E-state index in [1.54, 1.807) is 17.5 Å². The van der Waals surface area contributed by atoms with Gasteiger partial charge < -0.3 is 11.1 Å². The zero-order valence-corrected chi connectivity index (χ0v) is 12.6. The van der Waals surface area contributed by atoms with Gasteiger partial charge in [0.25, 0.3) is 0 Å². The predicted octanol–water partition coefficient (Wildman–Crippen LogP) is 3.59. The Balaban J connectivity index is 2.16. The van der Waals surface area contributed by atoms with E-state index in [1.807, 2.05) is 12.1 Å². The number of pyridine rings is 1. The molecule has 0 aromatic carbocycles. The predicted molar refractivity (Wildman–Crippen MR) is 85.6 cm³/mol. The monoisotopic (exact) mass is 291 g/mol. The number of rotatable bonds is 5. The second-order valence-electron chi connectivity index (χ2n) is 4.68. The van der Waals surface area contributed by atoms with Crippen LogP contribution in [0.4, 0.5) is 5.69 Å². The Morgan fingerprint density at radius 3 is 2.63 bits per heavy atom. The molecule has 0 aliphatic rings. The molecule has 0 spiro atoms. The lowest BCUT2D eigenvalue weighted by atomic mass is 10.0. The van der Waals surface area contributed by atoms with E-state index in [1.165, 1.54) is 4.88 Å². The third-order valence-electron chi connectivity index (χ3n) is 2.85. The molecule has 19 heavy (non-hydrogen) atoms. The highest BCUT2D eigenvalue weighted by atomic mass is 32.1. The van der Waals surface area contributed by atoms with Gasteiger partial charge in [-0.2, -0.15) is 0 Å². The summed E-state index contributed by atoms with van der Waals surface area (Å²) in [6.45, 7) is 4.41. The van der Waals surface area contributed by atoms with Crippen LogP contribution < -0.4 is 11.1 Å². The van der Waals surface area contributed by atoms with Crippen LogP contribution in [0.1, 0.15) is 30.5 Å². The second-order valence-corrected chi connectivity index (χ2v) is 6.10. The number of nitrogens with zero attached hydrogens (tertiary/aromatic N) is 1. The van der Waals surface area contributed by atoms with E-state index in [0.717, 1.165) is 5.69 Å². The minimum absolute atomic E-state index is 0.289. The van der Waals surface area contributed by atoms with E-state index in [-0.39, 0.29) is 6.04 Å². The van der Waals surface area contributed by atoms with Gasteiger partial charge in [0.2, 0.25) is 0 Å². The van der Waals surface area contributed by atoms with Crippen LogP contribution in [0.5, 0.6) is 0 Å². The van der Waals surface area contributed by atoms with Crippen molar-refractivity contribution in [2.45, 2.75) is 19.9 Å². The molecule has 3 nitrogen and oxygen atoms in total. The average Bonchev–Trinajstić information content (AvgIpc) is 2.89. The Morgan fingerprint density at radius 1 is 1.37 bits per heavy atom. The number of anilines is 1. The molecule has 0 saturated heterocycles. The van der Waals surface area contributed by atoms with Crippen LogP contribution in [0, 0.1) is 5.92 Å². The van der Waals surface area contributed by atoms with Gasteiger partial charge in [-0.05, 0) is 29.5 Å². The van der Waals surface area contributed by atoms with E-state index in [4.69, 9.17) is 18.0 Å². The number of aromatic nitrogens is 1. The Kier molecular flexibility index (Phi) is 4.50. The molecule has 2 heterocycles. The fourth-order valence-corrected chi connectivity index (χ4v) is 2.91. The maximum absolute atomic E-state index is 5.54. The van der Waals surface area contributed by atoms with Gasteiger partial charge in [0.15, 0.2) is 0 Å². The Bertz CT molecular complexity index is 532. The van der Waals surface area contributed by atoms with Gasteiger partial charge in [0.1, 0.15) is 4.99 Å². The quantitative estimate of drug-likeness (QED) is 0.827. The first kappa shape index (κ1) is 14.0. The van der Waals surface area contributed by atoms with Crippen LogP contribution in [0.15, 0.2) is 35.8 Å². The zero-order chi connectivity index (χ0) is 13.8. The van der Waals surface area contributed by atoms with Crippen LogP contribution >= 0.6 is 23.6 Å². The highest BCUT2D eigenvalue weighted by Gasteiger charge is 2.16. The number of nitrogens with one attached hydrogen (secondary N) is 1. The molecule has 3 N–H and O–H groups in total. The van der Waals surface area contributed by atoms with Crippen LogP contribution in [-0.4, -0.2) is 9.97 Å². The third kappa shape index (κ3) is 3.52. The number of nitrogens with two attached hydrogens (primary N) is 1. The number of hydrogen-bond donors (Lipinski definition) is 2. The van der Waals surface area contributed by atoms with Crippen LogP contribution in [-0.2, 0) is 0 Å². The number of hydrogen-bond acceptors (Lipinski definition) is 4. The van der Waals surface area contributed by atoms with Gasteiger partial charge in [0, 0.05) is 4.88 Å². The first-order valence-corrected chi connectivity index (χ1v) is 7.42. The van der Waals surface area contributed by atoms with Crippen molar-refractivity contribution >= 4 is 34.2 Å². The molecule has 100 valence electrons. The lowest BCUT2D eigenvalue weighted by Crippen LogP contribution is -2.16. The molecule has 0 amide bonds. The summed E-state index contributed by atoms with van der Waals surface area (Å²) in [6, 6.07) is 8.32. The van der Waals surface area contributed by atoms with Gasteiger partial charge in [-0.1, -0.05) is 32.1 Å². The van der Waals surface area contributed by atoms with Crippen molar-refractivity contribution in [3.8, 4) is 0 Å². The standard InChI is InChI=1S/C14H17N3S2/c1-9(2)13(12-4-3-7-19-12)17-10-5-6-11(14(15)18)16-8-10/h3-9,13,17H,1-2H3,(H2,15,18). The van der Waals surface area contributed by atoms with E-state index < -0.39 is 0 Å². The maximum Gasteiger partial charge on any atom is 0.122 e. The SMILES string of the molecule is CC(C)C(Nc1ccc(C(N)=S)nc1)c1cccs1. The molecular formula is C14H17N3S2. The van der Waals surface area contributed by atoms with Crippen molar-refractivity contribution in [1.29, 1.82) is 0 Å². The zero-order valence-electron chi connectivity index (χ0n) is 11.0. The van der Waals surface area contributed by atoms with Crippen molar-refractivity contribution in [3.63, 3.8) is 0 Å². The summed E-state index contributed by atoms with van der Waals surface area (Å²) in [5.74, 6) is 0.494. The minimum Gasteiger partial charge on any atom is -0.388 e. The molecule has 0 radical (unpaired) electrons. The first-order valence-electron chi connectivity index (χ1n) is 6.13. The summed E-state index contributed by atoms with van der Waals surface area (Å²) in [4.78, 5) is 5.90. The fourth-order valence-electron chi connectivity index (χ4n) is 1.84. The van der Waals surface area contributed by atoms with Crippen molar-refractivity contribution in [1.82, 2.24) is 4.98 Å². The molecule has 0 aliphatic carbocycles. The summed E-state index contributed by atoms with van der Waals surface area (Å²) < 4.78 is 0. The molecule has 0 saturated carbocycles.